The van der Waals surface area contributed by atoms with E-state index in [4.69, 9.17) is 9.84 Å². The molecule has 0 aromatic heterocycles. The van der Waals surface area contributed by atoms with Crippen molar-refractivity contribution in [3.8, 4) is 0 Å². The van der Waals surface area contributed by atoms with Gasteiger partial charge in [0.2, 0.25) is 0 Å². The smallest absolute Gasteiger partial charge is 0.303 e. The molecular weight excluding hydrogens is 396 g/mol. The molecule has 0 aromatic carbocycles. The molecule has 174 valence electrons. The molecule has 5 atom stereocenters. The van der Waals surface area contributed by atoms with E-state index < -0.39 is 12.1 Å². The van der Waals surface area contributed by atoms with E-state index in [0.29, 0.717) is 30.5 Å². The summed E-state index contributed by atoms with van der Waals surface area (Å²) in [4.78, 5) is 10.5. The Morgan fingerprint density at radius 3 is 2.57 bits per heavy atom. The molecule has 5 heteroatoms. The zero-order chi connectivity index (χ0) is 22.0. The highest BCUT2D eigenvalue weighted by molar-refractivity contribution is 7.99. The first-order valence-electron chi connectivity index (χ1n) is 12.2. The van der Waals surface area contributed by atoms with E-state index in [9.17, 15) is 9.90 Å². The Balaban J connectivity index is 1.70. The molecule has 2 saturated heterocycles. The number of aliphatic carboxylic acids is 1. The van der Waals surface area contributed by atoms with Gasteiger partial charge in [0.1, 0.15) is 0 Å². The zero-order valence-corrected chi connectivity index (χ0v) is 20.2. The number of rotatable bonds is 16. The van der Waals surface area contributed by atoms with Gasteiger partial charge in [0.25, 0.3) is 0 Å². The number of aliphatic hydroxyl groups excluding tert-OH is 1. The number of carboxylic acids is 1. The molecule has 0 saturated carbocycles. The maximum absolute atomic E-state index is 10.7. The molecule has 2 aliphatic heterocycles. The van der Waals surface area contributed by atoms with Crippen LogP contribution in [-0.4, -0.2) is 46.0 Å². The van der Waals surface area contributed by atoms with Crippen molar-refractivity contribution in [3.63, 3.8) is 0 Å². The fourth-order valence-corrected chi connectivity index (χ4v) is 6.08. The zero-order valence-electron chi connectivity index (χ0n) is 19.4. The topological polar surface area (TPSA) is 66.8 Å². The van der Waals surface area contributed by atoms with Crippen molar-refractivity contribution in [2.75, 3.05) is 11.5 Å². The number of carbonyl (C=O) groups is 1. The summed E-state index contributed by atoms with van der Waals surface area (Å²) < 4.78 is 6.23. The van der Waals surface area contributed by atoms with Crippen molar-refractivity contribution in [2.24, 2.45) is 17.3 Å². The second kappa shape index (κ2) is 13.1. The van der Waals surface area contributed by atoms with Gasteiger partial charge in [-0.1, -0.05) is 65.0 Å². The summed E-state index contributed by atoms with van der Waals surface area (Å²) in [6.07, 6.45) is 16.1. The Bertz CT molecular complexity index is 533. The molecule has 4 nitrogen and oxygen atoms in total. The van der Waals surface area contributed by atoms with Gasteiger partial charge in [0, 0.05) is 18.3 Å². The Hall–Kier alpha value is -0.520. The molecule has 0 amide bonds. The van der Waals surface area contributed by atoms with E-state index in [1.807, 2.05) is 11.8 Å². The molecular formula is C25H44O4S. The minimum Gasteiger partial charge on any atom is -0.481 e. The molecule has 1 unspecified atom stereocenters. The van der Waals surface area contributed by atoms with Gasteiger partial charge in [-0.2, -0.15) is 11.8 Å². The van der Waals surface area contributed by atoms with Crippen molar-refractivity contribution in [1.29, 1.82) is 0 Å². The van der Waals surface area contributed by atoms with Crippen LogP contribution >= 0.6 is 11.8 Å². The Kier molecular flexibility index (Phi) is 11.3. The molecule has 0 aliphatic carbocycles. The number of carboxylic acid groups (broad SMARTS) is 1. The Morgan fingerprint density at radius 2 is 1.83 bits per heavy atom. The predicted molar refractivity (Wildman–Crippen MR) is 126 cm³/mol. The average Bonchev–Trinajstić information content (AvgIpc) is 3.30. The number of aliphatic hydroxyl groups is 1. The lowest BCUT2D eigenvalue weighted by atomic mass is 9.78. The van der Waals surface area contributed by atoms with E-state index in [1.54, 1.807) is 0 Å². The van der Waals surface area contributed by atoms with Gasteiger partial charge in [0.05, 0.1) is 18.3 Å². The van der Waals surface area contributed by atoms with Gasteiger partial charge >= 0.3 is 5.97 Å². The van der Waals surface area contributed by atoms with Crippen LogP contribution in [0.4, 0.5) is 0 Å². The molecule has 0 spiro atoms. The molecule has 2 rings (SSSR count). The fraction of sp³-hybridized carbons (Fsp3) is 0.880. The Labute approximate surface area is 188 Å². The van der Waals surface area contributed by atoms with E-state index in [0.717, 1.165) is 44.3 Å². The number of hydrogen-bond donors (Lipinski definition) is 2. The Morgan fingerprint density at radius 1 is 1.13 bits per heavy atom. The standard InChI is InChI=1S/C25H44O4S/c1-4-5-16-25(2,3)23(26)15-12-19-20(22-14-13-21(19)29-22)18-30-17-10-8-6-7-9-11-24(27)28/h12,15,19-23,26H,4-11,13-14,16-18H2,1-3H3,(H,27,28)/b15-12+/t19-,20+,21-,22+,23?/m0/s1. The number of ether oxygens (including phenoxy) is 1. The molecule has 0 radical (unpaired) electrons. The van der Waals surface area contributed by atoms with Crippen LogP contribution in [0.1, 0.15) is 91.4 Å². The van der Waals surface area contributed by atoms with Crippen molar-refractivity contribution in [3.05, 3.63) is 12.2 Å². The first-order valence-corrected chi connectivity index (χ1v) is 13.3. The van der Waals surface area contributed by atoms with Gasteiger partial charge < -0.3 is 14.9 Å². The summed E-state index contributed by atoms with van der Waals surface area (Å²) >= 11 is 2.04. The SMILES string of the molecule is CCCCC(C)(C)C(O)/C=C/[C@H]1[C@@H](CSCCCCCCCC(=O)O)[C@H]2CC[C@@H]1O2. The largest absolute Gasteiger partial charge is 0.481 e. The maximum atomic E-state index is 10.7. The summed E-state index contributed by atoms with van der Waals surface area (Å²) in [7, 11) is 0. The number of fused-ring (bicyclic) bond motifs is 2. The van der Waals surface area contributed by atoms with E-state index in [1.165, 1.54) is 31.4 Å². The van der Waals surface area contributed by atoms with Crippen LogP contribution in [0, 0.1) is 17.3 Å². The van der Waals surface area contributed by atoms with Crippen molar-refractivity contribution in [1.82, 2.24) is 0 Å². The quantitative estimate of drug-likeness (QED) is 0.225. The second-order valence-corrected chi connectivity index (χ2v) is 11.1. The van der Waals surface area contributed by atoms with Crippen LogP contribution in [0.25, 0.3) is 0 Å². The lowest BCUT2D eigenvalue weighted by molar-refractivity contribution is -0.137. The third-order valence-corrected chi connectivity index (χ3v) is 8.17. The summed E-state index contributed by atoms with van der Waals surface area (Å²) in [5.41, 5.74) is -0.0697. The third kappa shape index (κ3) is 8.20. The van der Waals surface area contributed by atoms with Gasteiger partial charge in [-0.15, -0.1) is 0 Å². The van der Waals surface area contributed by atoms with Crippen molar-refractivity contribution < 1.29 is 19.7 Å². The monoisotopic (exact) mass is 440 g/mol. The van der Waals surface area contributed by atoms with Crippen LogP contribution in [0.3, 0.4) is 0 Å². The number of hydrogen-bond acceptors (Lipinski definition) is 4. The van der Waals surface area contributed by atoms with E-state index in [2.05, 4.69) is 32.9 Å². The molecule has 2 bridgehead atoms. The first-order chi connectivity index (χ1) is 14.3. The lowest BCUT2D eigenvalue weighted by Gasteiger charge is -2.30. The van der Waals surface area contributed by atoms with Crippen molar-refractivity contribution >= 4 is 17.7 Å². The predicted octanol–water partition coefficient (Wildman–Crippen LogP) is 6.07. The lowest BCUT2D eigenvalue weighted by Crippen LogP contribution is -2.30. The average molecular weight is 441 g/mol. The van der Waals surface area contributed by atoms with Crippen LogP contribution in [0.15, 0.2) is 12.2 Å². The van der Waals surface area contributed by atoms with Gasteiger partial charge in [0.15, 0.2) is 0 Å². The minimum atomic E-state index is -0.681. The van der Waals surface area contributed by atoms with Gasteiger partial charge in [-0.05, 0) is 49.0 Å². The van der Waals surface area contributed by atoms with Gasteiger partial charge in [-0.25, -0.2) is 0 Å². The highest BCUT2D eigenvalue weighted by atomic mass is 32.2. The maximum Gasteiger partial charge on any atom is 0.303 e. The van der Waals surface area contributed by atoms with E-state index >= 15 is 0 Å². The first kappa shape index (κ1) is 25.7. The second-order valence-electron chi connectivity index (χ2n) is 9.94. The molecule has 2 N–H and O–H groups in total. The highest BCUT2D eigenvalue weighted by Crippen LogP contribution is 2.45. The minimum absolute atomic E-state index is 0.0697. The van der Waals surface area contributed by atoms with Gasteiger partial charge in [-0.3, -0.25) is 4.79 Å². The van der Waals surface area contributed by atoms with Crippen LogP contribution in [-0.2, 0) is 9.53 Å². The van der Waals surface area contributed by atoms with Crippen LogP contribution < -0.4 is 0 Å². The summed E-state index contributed by atoms with van der Waals surface area (Å²) in [5, 5.41) is 19.4. The van der Waals surface area contributed by atoms with Crippen molar-refractivity contribution in [2.45, 2.75) is 110 Å². The normalized spacial score (nSPS) is 27.2. The van der Waals surface area contributed by atoms with Crippen LogP contribution in [0.5, 0.6) is 0 Å². The van der Waals surface area contributed by atoms with E-state index in [-0.39, 0.29) is 5.41 Å². The summed E-state index contributed by atoms with van der Waals surface area (Å²) in [6.45, 7) is 6.54. The summed E-state index contributed by atoms with van der Waals surface area (Å²) in [6, 6.07) is 0. The summed E-state index contributed by atoms with van der Waals surface area (Å²) in [5.74, 6) is 2.66. The molecule has 2 aliphatic rings. The third-order valence-electron chi connectivity index (χ3n) is 6.97. The molecule has 2 fully saturated rings. The highest BCUT2D eigenvalue weighted by Gasteiger charge is 2.47. The molecule has 2 heterocycles. The number of unbranched alkanes of at least 4 members (excludes halogenated alkanes) is 5. The number of thioether (sulfide) groups is 1. The molecule has 0 aromatic rings. The molecule has 30 heavy (non-hydrogen) atoms. The van der Waals surface area contributed by atoms with Crippen LogP contribution in [0.2, 0.25) is 0 Å². The fourth-order valence-electron chi connectivity index (χ4n) is 4.80.